The van der Waals surface area contributed by atoms with Crippen molar-refractivity contribution in [3.05, 3.63) is 65.7 Å². The van der Waals surface area contributed by atoms with E-state index in [0.29, 0.717) is 17.9 Å². The Bertz CT molecular complexity index is 959. The van der Waals surface area contributed by atoms with E-state index < -0.39 is 0 Å². The zero-order chi connectivity index (χ0) is 22.3. The van der Waals surface area contributed by atoms with Crippen LogP contribution in [0.25, 0.3) is 0 Å². The number of guanidine groups is 1. The van der Waals surface area contributed by atoms with Gasteiger partial charge in [0.1, 0.15) is 5.75 Å². The van der Waals surface area contributed by atoms with Crippen LogP contribution in [0.3, 0.4) is 0 Å². The van der Waals surface area contributed by atoms with Gasteiger partial charge in [-0.2, -0.15) is 5.26 Å². The van der Waals surface area contributed by atoms with Gasteiger partial charge in [0.15, 0.2) is 0 Å². The summed E-state index contributed by atoms with van der Waals surface area (Å²) < 4.78 is 5.34. The van der Waals surface area contributed by atoms with E-state index in [2.05, 4.69) is 22.4 Å². The van der Waals surface area contributed by atoms with Crippen molar-refractivity contribution in [3.8, 4) is 11.9 Å². The number of para-hydroxylation sites is 1. The number of carbonyl (C=O) groups excluding carboxylic acids is 1. The molecule has 0 unspecified atom stereocenters. The van der Waals surface area contributed by atoms with Crippen molar-refractivity contribution in [1.82, 2.24) is 10.2 Å². The molecule has 0 aliphatic heterocycles. The number of hydrogen-bond donors (Lipinski definition) is 2. The monoisotopic (exact) mass is 419 g/mol. The van der Waals surface area contributed by atoms with Crippen molar-refractivity contribution < 1.29 is 9.53 Å². The molecule has 0 saturated heterocycles. The van der Waals surface area contributed by atoms with Crippen molar-refractivity contribution in [3.63, 3.8) is 0 Å². The number of nitrogens with one attached hydrogen (secondary N) is 1. The third-order valence-electron chi connectivity index (χ3n) is 6.31. The Balaban J connectivity index is 1.77. The summed E-state index contributed by atoms with van der Waals surface area (Å²) in [6, 6.07) is 17.8. The summed E-state index contributed by atoms with van der Waals surface area (Å²) in [7, 11) is 3.44. The van der Waals surface area contributed by atoms with E-state index in [0.717, 1.165) is 25.7 Å². The number of hydrogen-bond acceptors (Lipinski definition) is 4. The van der Waals surface area contributed by atoms with Crippen molar-refractivity contribution in [2.45, 2.75) is 37.1 Å². The highest BCUT2D eigenvalue weighted by Gasteiger charge is 2.38. The van der Waals surface area contributed by atoms with Gasteiger partial charge in [-0.25, -0.2) is 0 Å². The molecule has 162 valence electrons. The van der Waals surface area contributed by atoms with Gasteiger partial charge in [-0.3, -0.25) is 4.79 Å². The average Bonchev–Trinajstić information content (AvgIpc) is 2.83. The molecule has 1 amide bonds. The minimum atomic E-state index is -0.169. The van der Waals surface area contributed by atoms with Gasteiger partial charge in [0.05, 0.1) is 12.7 Å². The third-order valence-corrected chi connectivity index (χ3v) is 6.31. The smallest absolute Gasteiger partial charge is 0.255 e. The molecule has 3 rings (SSSR count). The minimum Gasteiger partial charge on any atom is -0.496 e. The van der Waals surface area contributed by atoms with E-state index in [1.807, 2.05) is 42.3 Å². The molecule has 1 saturated carbocycles. The molecule has 31 heavy (non-hydrogen) atoms. The lowest BCUT2D eigenvalue weighted by Gasteiger charge is -2.43. The molecule has 1 aliphatic carbocycles. The summed E-state index contributed by atoms with van der Waals surface area (Å²) in [5.41, 5.74) is 7.49. The fourth-order valence-electron chi connectivity index (χ4n) is 4.40. The highest BCUT2D eigenvalue weighted by molar-refractivity contribution is 5.97. The predicted molar refractivity (Wildman–Crippen MR) is 121 cm³/mol. The van der Waals surface area contributed by atoms with Gasteiger partial charge in [-0.15, -0.1) is 4.99 Å². The molecule has 0 spiro atoms. The second-order valence-electron chi connectivity index (χ2n) is 7.94. The molecule has 2 aromatic rings. The molecule has 0 atom stereocenters. The number of amides is 1. The molecule has 1 aliphatic rings. The summed E-state index contributed by atoms with van der Waals surface area (Å²) >= 11 is 0. The normalized spacial score (nSPS) is 21.1. The molecule has 3 N–H and O–H groups in total. The number of methoxy groups -OCH3 is 1. The molecular weight excluding hydrogens is 390 g/mol. The Kier molecular flexibility index (Phi) is 7.14. The van der Waals surface area contributed by atoms with Gasteiger partial charge in [0, 0.05) is 25.0 Å². The Morgan fingerprint density at radius 2 is 1.87 bits per heavy atom. The predicted octanol–water partition coefficient (Wildman–Crippen LogP) is 3.03. The van der Waals surface area contributed by atoms with Crippen LogP contribution in [0.15, 0.2) is 59.6 Å². The largest absolute Gasteiger partial charge is 0.496 e. The molecule has 0 radical (unpaired) electrons. The molecule has 0 heterocycles. The van der Waals surface area contributed by atoms with Crippen molar-refractivity contribution in [2.24, 2.45) is 10.7 Å². The quantitative estimate of drug-likeness (QED) is 0.425. The first-order valence-electron chi connectivity index (χ1n) is 10.4. The van der Waals surface area contributed by atoms with Crippen LogP contribution < -0.4 is 15.8 Å². The summed E-state index contributed by atoms with van der Waals surface area (Å²) in [4.78, 5) is 18.5. The maximum Gasteiger partial charge on any atom is 0.255 e. The molecule has 1 fully saturated rings. The number of nitriles is 1. The second-order valence-corrected chi connectivity index (χ2v) is 7.94. The van der Waals surface area contributed by atoms with Crippen LogP contribution >= 0.6 is 0 Å². The van der Waals surface area contributed by atoms with Crippen LogP contribution in [0.2, 0.25) is 0 Å². The van der Waals surface area contributed by atoms with E-state index in [9.17, 15) is 4.79 Å². The molecule has 7 nitrogen and oxygen atoms in total. The number of nitrogens with two attached hydrogens (primary N) is 1. The number of carbonyl (C=O) groups is 1. The SMILES string of the molecule is COc1ccccc1C(=O)NC[C@]1(c2ccccc2)CC[C@@H](N(C)C(N)=NC#N)CC1. The maximum absolute atomic E-state index is 12.9. The molecule has 0 bridgehead atoms. The molecular formula is C24H29N5O2. The van der Waals surface area contributed by atoms with E-state index in [1.165, 1.54) is 5.56 Å². The summed E-state index contributed by atoms with van der Waals surface area (Å²) in [5.74, 6) is 0.660. The first kappa shape index (κ1) is 22.2. The Hall–Kier alpha value is -3.53. The van der Waals surface area contributed by atoms with Gasteiger partial charge in [0.25, 0.3) is 5.91 Å². The molecule has 0 aromatic heterocycles. The number of ether oxygens (including phenoxy) is 1. The van der Waals surface area contributed by atoms with Crippen molar-refractivity contribution >= 4 is 11.9 Å². The molecule has 7 heteroatoms. The van der Waals surface area contributed by atoms with Crippen molar-refractivity contribution in [1.29, 1.82) is 5.26 Å². The van der Waals surface area contributed by atoms with E-state index in [1.54, 1.807) is 25.4 Å². The van der Waals surface area contributed by atoms with Gasteiger partial charge in [0.2, 0.25) is 12.2 Å². The summed E-state index contributed by atoms with van der Waals surface area (Å²) in [5, 5.41) is 11.9. The van der Waals surface area contributed by atoms with Gasteiger partial charge < -0.3 is 20.7 Å². The van der Waals surface area contributed by atoms with Crippen LogP contribution in [0.1, 0.15) is 41.6 Å². The first-order valence-corrected chi connectivity index (χ1v) is 10.4. The van der Waals surface area contributed by atoms with E-state index >= 15 is 0 Å². The third kappa shape index (κ3) is 4.97. The van der Waals surface area contributed by atoms with E-state index in [-0.39, 0.29) is 23.3 Å². The Labute approximate surface area is 183 Å². The first-order chi connectivity index (χ1) is 15.0. The zero-order valence-corrected chi connectivity index (χ0v) is 18.0. The summed E-state index contributed by atoms with van der Waals surface area (Å²) in [6.45, 7) is 0.534. The van der Waals surface area contributed by atoms with Crippen LogP contribution in [0.4, 0.5) is 0 Å². The van der Waals surface area contributed by atoms with Crippen LogP contribution in [-0.4, -0.2) is 43.5 Å². The number of rotatable bonds is 6. The Morgan fingerprint density at radius 1 is 1.23 bits per heavy atom. The molecule has 2 aromatic carbocycles. The van der Waals surface area contributed by atoms with Crippen LogP contribution in [0, 0.1) is 11.5 Å². The lowest BCUT2D eigenvalue weighted by molar-refractivity contribution is 0.0927. The van der Waals surface area contributed by atoms with Gasteiger partial charge in [-0.1, -0.05) is 42.5 Å². The van der Waals surface area contributed by atoms with Crippen LogP contribution in [-0.2, 0) is 5.41 Å². The number of nitrogens with zero attached hydrogens (tertiary/aromatic N) is 3. The minimum absolute atomic E-state index is 0.141. The second kappa shape index (κ2) is 9.98. The van der Waals surface area contributed by atoms with E-state index in [4.69, 9.17) is 15.7 Å². The average molecular weight is 420 g/mol. The number of benzene rings is 2. The zero-order valence-electron chi connectivity index (χ0n) is 18.0. The number of aliphatic imine (C=N–C) groups is 1. The lowest BCUT2D eigenvalue weighted by atomic mass is 9.68. The van der Waals surface area contributed by atoms with Gasteiger partial charge >= 0.3 is 0 Å². The fraction of sp³-hybridized carbons (Fsp3) is 0.375. The lowest BCUT2D eigenvalue weighted by Crippen LogP contribution is -2.49. The highest BCUT2D eigenvalue weighted by Crippen LogP contribution is 2.40. The Morgan fingerprint density at radius 3 is 2.52 bits per heavy atom. The standard InChI is InChI=1S/C24H29N5O2/c1-29(23(26)28-17-25)19-12-14-24(15-13-19,18-8-4-3-5-9-18)16-27-22(30)20-10-6-7-11-21(20)31-2/h3-11,19H,12-16H2,1-2H3,(H2,26,28)(H,27,30)/t19-,24+. The van der Waals surface area contributed by atoms with Gasteiger partial charge in [-0.05, 0) is 43.4 Å². The maximum atomic E-state index is 12.9. The van der Waals surface area contributed by atoms with Crippen LogP contribution in [0.5, 0.6) is 5.75 Å². The topological polar surface area (TPSA) is 104 Å². The van der Waals surface area contributed by atoms with Crippen molar-refractivity contribution in [2.75, 3.05) is 20.7 Å². The highest BCUT2D eigenvalue weighted by atomic mass is 16.5. The summed E-state index contributed by atoms with van der Waals surface area (Å²) in [6.07, 6.45) is 5.30. The fourth-order valence-corrected chi connectivity index (χ4v) is 4.40.